The third-order valence-electron chi connectivity index (χ3n) is 3.78. The third-order valence-corrected chi connectivity index (χ3v) is 3.78. The van der Waals surface area contributed by atoms with E-state index < -0.39 is 0 Å². The molecule has 1 aliphatic rings. The van der Waals surface area contributed by atoms with E-state index in [0.717, 1.165) is 25.5 Å². The SMILES string of the molecule is CN=C(NCCCN1CCCN(C)CC1)NC(C)COC. The molecule has 0 radical (unpaired) electrons. The van der Waals surface area contributed by atoms with E-state index in [1.54, 1.807) is 14.2 Å². The summed E-state index contributed by atoms with van der Waals surface area (Å²) in [6.07, 6.45) is 2.42. The van der Waals surface area contributed by atoms with Crippen LogP contribution in [0.5, 0.6) is 0 Å². The van der Waals surface area contributed by atoms with Crippen LogP contribution in [0.4, 0.5) is 0 Å². The number of nitrogens with zero attached hydrogens (tertiary/aromatic N) is 3. The summed E-state index contributed by atoms with van der Waals surface area (Å²) < 4.78 is 5.12. The first kappa shape index (κ1) is 18.2. The molecular weight excluding hydrogens is 266 g/mol. The number of guanidine groups is 1. The van der Waals surface area contributed by atoms with Gasteiger partial charge in [0.25, 0.3) is 0 Å². The second-order valence-corrected chi connectivity index (χ2v) is 5.85. The lowest BCUT2D eigenvalue weighted by atomic mass is 10.3. The number of ether oxygens (including phenoxy) is 1. The van der Waals surface area contributed by atoms with E-state index in [1.165, 1.54) is 32.6 Å². The highest BCUT2D eigenvalue weighted by Gasteiger charge is 2.11. The number of hydrogen-bond acceptors (Lipinski definition) is 4. The fourth-order valence-electron chi connectivity index (χ4n) is 2.55. The zero-order valence-corrected chi connectivity index (χ0v) is 14.2. The van der Waals surface area contributed by atoms with Gasteiger partial charge in [-0.2, -0.15) is 0 Å². The van der Waals surface area contributed by atoms with Crippen molar-refractivity contribution in [3.63, 3.8) is 0 Å². The molecule has 1 aliphatic heterocycles. The molecule has 0 aliphatic carbocycles. The maximum Gasteiger partial charge on any atom is 0.191 e. The smallest absolute Gasteiger partial charge is 0.191 e. The van der Waals surface area contributed by atoms with Crippen molar-refractivity contribution in [3.05, 3.63) is 0 Å². The Morgan fingerprint density at radius 2 is 2.10 bits per heavy atom. The van der Waals surface area contributed by atoms with Gasteiger partial charge in [0.05, 0.1) is 6.61 Å². The Morgan fingerprint density at radius 3 is 2.81 bits per heavy atom. The maximum atomic E-state index is 5.12. The van der Waals surface area contributed by atoms with Crippen LogP contribution in [-0.4, -0.2) is 88.9 Å². The van der Waals surface area contributed by atoms with Crippen molar-refractivity contribution in [2.75, 3.05) is 67.1 Å². The van der Waals surface area contributed by atoms with E-state index in [-0.39, 0.29) is 6.04 Å². The summed E-state index contributed by atoms with van der Waals surface area (Å²) in [6.45, 7) is 9.70. The van der Waals surface area contributed by atoms with E-state index in [9.17, 15) is 0 Å². The average molecular weight is 299 g/mol. The van der Waals surface area contributed by atoms with Gasteiger partial charge in [0.2, 0.25) is 0 Å². The normalized spacial score (nSPS) is 20.1. The van der Waals surface area contributed by atoms with Crippen LogP contribution in [0.25, 0.3) is 0 Å². The molecule has 0 aromatic rings. The summed E-state index contributed by atoms with van der Waals surface area (Å²) in [5.74, 6) is 0.857. The number of rotatable bonds is 7. The second-order valence-electron chi connectivity index (χ2n) is 5.85. The Balaban J connectivity index is 2.14. The molecule has 1 atom stereocenters. The molecule has 2 N–H and O–H groups in total. The Kier molecular flexibility index (Phi) is 9.37. The zero-order chi connectivity index (χ0) is 15.5. The summed E-state index contributed by atoms with van der Waals surface area (Å²) in [5.41, 5.74) is 0. The summed E-state index contributed by atoms with van der Waals surface area (Å²) in [7, 11) is 5.73. The van der Waals surface area contributed by atoms with Crippen LogP contribution >= 0.6 is 0 Å². The highest BCUT2D eigenvalue weighted by molar-refractivity contribution is 5.79. The first-order chi connectivity index (χ1) is 10.2. The molecule has 6 heteroatoms. The highest BCUT2D eigenvalue weighted by atomic mass is 16.5. The molecule has 1 fully saturated rings. The Bertz CT molecular complexity index is 298. The van der Waals surface area contributed by atoms with Crippen molar-refractivity contribution in [1.29, 1.82) is 0 Å². The fraction of sp³-hybridized carbons (Fsp3) is 0.933. The largest absolute Gasteiger partial charge is 0.383 e. The fourth-order valence-corrected chi connectivity index (χ4v) is 2.55. The molecule has 124 valence electrons. The van der Waals surface area contributed by atoms with Crippen molar-refractivity contribution < 1.29 is 4.74 Å². The van der Waals surface area contributed by atoms with Gasteiger partial charge in [0.1, 0.15) is 0 Å². The molecule has 0 spiro atoms. The molecule has 0 aromatic carbocycles. The van der Waals surface area contributed by atoms with Crippen LogP contribution < -0.4 is 10.6 Å². The molecular formula is C15H33N5O. The standard InChI is InChI=1S/C15H33N5O/c1-14(13-21-4)18-15(16-2)17-7-5-9-20-10-6-8-19(3)11-12-20/h14H,5-13H2,1-4H3,(H2,16,17,18). The summed E-state index contributed by atoms with van der Waals surface area (Å²) in [6, 6.07) is 0.266. The molecule has 0 saturated carbocycles. The lowest BCUT2D eigenvalue weighted by Crippen LogP contribution is -2.44. The molecule has 1 heterocycles. The summed E-state index contributed by atoms with van der Waals surface area (Å²) >= 11 is 0. The van der Waals surface area contributed by atoms with Crippen molar-refractivity contribution in [2.24, 2.45) is 4.99 Å². The second kappa shape index (κ2) is 10.8. The highest BCUT2D eigenvalue weighted by Crippen LogP contribution is 2.01. The van der Waals surface area contributed by atoms with E-state index in [4.69, 9.17) is 4.74 Å². The van der Waals surface area contributed by atoms with Crippen LogP contribution in [0.3, 0.4) is 0 Å². The summed E-state index contributed by atoms with van der Waals surface area (Å²) in [4.78, 5) is 9.22. The number of nitrogens with one attached hydrogen (secondary N) is 2. The maximum absolute atomic E-state index is 5.12. The van der Waals surface area contributed by atoms with E-state index >= 15 is 0 Å². The van der Waals surface area contributed by atoms with Gasteiger partial charge < -0.3 is 25.2 Å². The van der Waals surface area contributed by atoms with Crippen molar-refractivity contribution >= 4 is 5.96 Å². The van der Waals surface area contributed by atoms with Crippen LogP contribution in [0.2, 0.25) is 0 Å². The molecule has 1 saturated heterocycles. The summed E-state index contributed by atoms with van der Waals surface area (Å²) in [5, 5.41) is 6.68. The van der Waals surface area contributed by atoms with Crippen molar-refractivity contribution in [2.45, 2.75) is 25.8 Å². The van der Waals surface area contributed by atoms with E-state index in [1.807, 2.05) is 0 Å². The Labute approximate surface area is 129 Å². The molecule has 21 heavy (non-hydrogen) atoms. The van der Waals surface area contributed by atoms with Gasteiger partial charge in [-0.05, 0) is 46.4 Å². The molecule has 0 aromatic heterocycles. The monoisotopic (exact) mass is 299 g/mol. The first-order valence-electron chi connectivity index (χ1n) is 8.02. The number of aliphatic imine (C=N–C) groups is 1. The van der Waals surface area contributed by atoms with Crippen LogP contribution in [0, 0.1) is 0 Å². The van der Waals surface area contributed by atoms with Crippen LogP contribution in [-0.2, 0) is 4.74 Å². The van der Waals surface area contributed by atoms with Gasteiger partial charge in [-0.3, -0.25) is 4.99 Å². The molecule has 0 bridgehead atoms. The number of methoxy groups -OCH3 is 1. The average Bonchev–Trinajstić information content (AvgIpc) is 2.67. The minimum Gasteiger partial charge on any atom is -0.383 e. The molecule has 1 rings (SSSR count). The first-order valence-corrected chi connectivity index (χ1v) is 8.02. The lowest BCUT2D eigenvalue weighted by molar-refractivity contribution is 0.179. The third kappa shape index (κ3) is 8.24. The quantitative estimate of drug-likeness (QED) is 0.400. The number of likely N-dealkylation sites (N-methyl/N-ethyl adjacent to an activating group) is 1. The van der Waals surface area contributed by atoms with E-state index in [2.05, 4.69) is 39.4 Å². The molecule has 1 unspecified atom stereocenters. The van der Waals surface area contributed by atoms with E-state index in [0.29, 0.717) is 6.61 Å². The van der Waals surface area contributed by atoms with Gasteiger partial charge in [0.15, 0.2) is 5.96 Å². The minimum atomic E-state index is 0.266. The van der Waals surface area contributed by atoms with Gasteiger partial charge in [-0.1, -0.05) is 0 Å². The predicted octanol–water partition coefficient (Wildman–Crippen LogP) is 0.214. The zero-order valence-electron chi connectivity index (χ0n) is 14.2. The molecule has 6 nitrogen and oxygen atoms in total. The molecule has 0 amide bonds. The van der Waals surface area contributed by atoms with Gasteiger partial charge in [0, 0.05) is 39.8 Å². The van der Waals surface area contributed by atoms with Crippen molar-refractivity contribution in [3.8, 4) is 0 Å². The Hall–Kier alpha value is -0.850. The minimum absolute atomic E-state index is 0.266. The van der Waals surface area contributed by atoms with Gasteiger partial charge in [-0.25, -0.2) is 0 Å². The Morgan fingerprint density at radius 1 is 1.29 bits per heavy atom. The number of hydrogen-bond donors (Lipinski definition) is 2. The predicted molar refractivity (Wildman–Crippen MR) is 89.0 cm³/mol. The van der Waals surface area contributed by atoms with Crippen LogP contribution in [0.1, 0.15) is 19.8 Å². The topological polar surface area (TPSA) is 52.1 Å². The van der Waals surface area contributed by atoms with Crippen molar-refractivity contribution in [1.82, 2.24) is 20.4 Å². The van der Waals surface area contributed by atoms with Gasteiger partial charge in [-0.15, -0.1) is 0 Å². The van der Waals surface area contributed by atoms with Crippen LogP contribution in [0.15, 0.2) is 4.99 Å². The van der Waals surface area contributed by atoms with Gasteiger partial charge >= 0.3 is 0 Å². The lowest BCUT2D eigenvalue weighted by Gasteiger charge is -2.21.